The highest BCUT2D eigenvalue weighted by molar-refractivity contribution is 6.31. The summed E-state index contributed by atoms with van der Waals surface area (Å²) in [4.78, 5) is 4.60. The Bertz CT molecular complexity index is 575. The summed E-state index contributed by atoms with van der Waals surface area (Å²) in [7, 11) is 2.01. The Hall–Kier alpha value is -1.10. The molecule has 2 aromatic rings. The lowest BCUT2D eigenvalue weighted by atomic mass is 10.1. The van der Waals surface area contributed by atoms with Crippen LogP contribution < -0.4 is 5.32 Å². The molecule has 1 aromatic carbocycles. The molecule has 1 aliphatic rings. The van der Waals surface area contributed by atoms with Gasteiger partial charge in [0.2, 0.25) is 0 Å². The van der Waals surface area contributed by atoms with E-state index in [1.807, 2.05) is 25.2 Å². The van der Waals surface area contributed by atoms with Crippen LogP contribution in [0, 0.1) is 0 Å². The van der Waals surface area contributed by atoms with Gasteiger partial charge in [-0.1, -0.05) is 11.6 Å². The highest BCUT2D eigenvalue weighted by Gasteiger charge is 2.15. The van der Waals surface area contributed by atoms with Crippen molar-refractivity contribution in [1.29, 1.82) is 0 Å². The Labute approximate surface area is 117 Å². The number of halogens is 1. The number of fused-ring (bicyclic) bond motifs is 1. The van der Waals surface area contributed by atoms with Gasteiger partial charge in [0.15, 0.2) is 0 Å². The zero-order valence-corrected chi connectivity index (χ0v) is 11.8. The quantitative estimate of drug-likeness (QED) is 0.938. The number of imidazole rings is 1. The van der Waals surface area contributed by atoms with E-state index in [0.717, 1.165) is 47.8 Å². The van der Waals surface area contributed by atoms with Crippen LogP contribution in [0.5, 0.6) is 0 Å². The molecule has 0 saturated carbocycles. The van der Waals surface area contributed by atoms with Gasteiger partial charge < -0.3 is 14.6 Å². The Kier molecular flexibility index (Phi) is 3.73. The zero-order valence-electron chi connectivity index (χ0n) is 11.0. The average molecular weight is 280 g/mol. The van der Waals surface area contributed by atoms with Gasteiger partial charge in [-0.25, -0.2) is 4.98 Å². The zero-order chi connectivity index (χ0) is 13.2. The fourth-order valence-electron chi connectivity index (χ4n) is 2.50. The summed E-state index contributed by atoms with van der Waals surface area (Å²) in [5, 5.41) is 4.07. The Morgan fingerprint density at radius 3 is 3.00 bits per heavy atom. The Balaban J connectivity index is 1.75. The largest absolute Gasteiger partial charge is 0.370 e. The summed E-state index contributed by atoms with van der Waals surface area (Å²) in [5.74, 6) is 0.954. The van der Waals surface area contributed by atoms with Crippen LogP contribution in [-0.2, 0) is 18.4 Å². The highest BCUT2D eigenvalue weighted by Crippen LogP contribution is 2.20. The van der Waals surface area contributed by atoms with Gasteiger partial charge in [-0.05, 0) is 44.1 Å². The van der Waals surface area contributed by atoms with Crippen molar-refractivity contribution < 1.29 is 4.74 Å². The van der Waals surface area contributed by atoms with Gasteiger partial charge >= 0.3 is 0 Å². The van der Waals surface area contributed by atoms with Crippen molar-refractivity contribution in [3.05, 3.63) is 29.0 Å². The minimum absolute atomic E-state index is 0.352. The standard InChI is InChI=1S/C14H18ClN3O/c1-18-13-8-10(15)2-3-12(13)17-14(18)9-19-11-4-6-16-7-5-11/h2-3,8,11,16H,4-7,9H2,1H3. The first-order valence-corrected chi connectivity index (χ1v) is 7.05. The first-order chi connectivity index (χ1) is 9.24. The summed E-state index contributed by atoms with van der Waals surface area (Å²) in [5.41, 5.74) is 2.02. The van der Waals surface area contributed by atoms with E-state index in [0.29, 0.717) is 12.7 Å². The van der Waals surface area contributed by atoms with Gasteiger partial charge in [0, 0.05) is 12.1 Å². The number of ether oxygens (including phenoxy) is 1. The smallest absolute Gasteiger partial charge is 0.135 e. The van der Waals surface area contributed by atoms with Crippen LogP contribution in [0.4, 0.5) is 0 Å². The predicted molar refractivity (Wildman–Crippen MR) is 76.4 cm³/mol. The molecule has 0 bridgehead atoms. The topological polar surface area (TPSA) is 39.1 Å². The molecule has 0 radical (unpaired) electrons. The Morgan fingerprint density at radius 2 is 2.21 bits per heavy atom. The fraction of sp³-hybridized carbons (Fsp3) is 0.500. The molecule has 2 heterocycles. The second-order valence-electron chi connectivity index (χ2n) is 4.98. The van der Waals surface area contributed by atoms with Crippen LogP contribution in [0.1, 0.15) is 18.7 Å². The van der Waals surface area contributed by atoms with E-state index in [-0.39, 0.29) is 0 Å². The summed E-state index contributed by atoms with van der Waals surface area (Å²) >= 11 is 6.02. The van der Waals surface area contributed by atoms with E-state index >= 15 is 0 Å². The van der Waals surface area contributed by atoms with E-state index in [4.69, 9.17) is 16.3 Å². The van der Waals surface area contributed by atoms with E-state index in [2.05, 4.69) is 14.9 Å². The number of hydrogen-bond acceptors (Lipinski definition) is 3. The van der Waals surface area contributed by atoms with Gasteiger partial charge in [0.1, 0.15) is 12.4 Å². The second kappa shape index (κ2) is 5.49. The highest BCUT2D eigenvalue weighted by atomic mass is 35.5. The molecule has 1 N–H and O–H groups in total. The van der Waals surface area contributed by atoms with Gasteiger partial charge in [-0.15, -0.1) is 0 Å². The van der Waals surface area contributed by atoms with Gasteiger partial charge in [-0.2, -0.15) is 0 Å². The number of rotatable bonds is 3. The number of piperidine rings is 1. The lowest BCUT2D eigenvalue weighted by Crippen LogP contribution is -2.32. The number of aryl methyl sites for hydroxylation is 1. The summed E-state index contributed by atoms with van der Waals surface area (Å²) in [6, 6.07) is 5.76. The maximum atomic E-state index is 6.02. The van der Waals surface area contributed by atoms with Crippen molar-refractivity contribution in [3.8, 4) is 0 Å². The third-order valence-electron chi connectivity index (χ3n) is 3.67. The average Bonchev–Trinajstić information content (AvgIpc) is 2.74. The molecule has 0 aliphatic carbocycles. The van der Waals surface area contributed by atoms with Crippen LogP contribution in [0.25, 0.3) is 11.0 Å². The lowest BCUT2D eigenvalue weighted by Gasteiger charge is -2.22. The predicted octanol–water partition coefficient (Wildman–Crippen LogP) is 2.50. The second-order valence-corrected chi connectivity index (χ2v) is 5.42. The van der Waals surface area contributed by atoms with Gasteiger partial charge in [0.25, 0.3) is 0 Å². The van der Waals surface area contributed by atoms with Crippen LogP contribution in [0.2, 0.25) is 5.02 Å². The van der Waals surface area contributed by atoms with E-state index in [1.165, 1.54) is 0 Å². The molecular formula is C14H18ClN3O. The third kappa shape index (κ3) is 2.76. The molecule has 5 heteroatoms. The van der Waals surface area contributed by atoms with Gasteiger partial charge in [-0.3, -0.25) is 0 Å². The summed E-state index contributed by atoms with van der Waals surface area (Å²) < 4.78 is 8.01. The normalized spacial score (nSPS) is 17.2. The molecule has 1 aromatic heterocycles. The van der Waals surface area contributed by atoms with Crippen LogP contribution in [0.15, 0.2) is 18.2 Å². The molecule has 0 atom stereocenters. The molecule has 19 heavy (non-hydrogen) atoms. The SMILES string of the molecule is Cn1c(COC2CCNCC2)nc2ccc(Cl)cc21. The number of nitrogens with zero attached hydrogens (tertiary/aromatic N) is 2. The molecule has 0 unspecified atom stereocenters. The maximum absolute atomic E-state index is 6.02. The van der Waals surface area contributed by atoms with Crippen molar-refractivity contribution in [2.24, 2.45) is 7.05 Å². The minimum Gasteiger partial charge on any atom is -0.370 e. The van der Waals surface area contributed by atoms with Crippen molar-refractivity contribution in [2.75, 3.05) is 13.1 Å². The molecule has 1 fully saturated rings. The molecule has 0 amide bonds. The van der Waals surface area contributed by atoms with Crippen molar-refractivity contribution in [1.82, 2.24) is 14.9 Å². The fourth-order valence-corrected chi connectivity index (χ4v) is 2.66. The van der Waals surface area contributed by atoms with Crippen molar-refractivity contribution in [3.63, 3.8) is 0 Å². The number of nitrogens with one attached hydrogen (secondary N) is 1. The molecular weight excluding hydrogens is 262 g/mol. The van der Waals surface area contributed by atoms with Crippen molar-refractivity contribution in [2.45, 2.75) is 25.6 Å². The molecule has 0 spiro atoms. The number of aromatic nitrogens is 2. The minimum atomic E-state index is 0.352. The molecule has 3 rings (SSSR count). The lowest BCUT2D eigenvalue weighted by molar-refractivity contribution is 0.0170. The molecule has 1 saturated heterocycles. The maximum Gasteiger partial charge on any atom is 0.135 e. The number of hydrogen-bond donors (Lipinski definition) is 1. The van der Waals surface area contributed by atoms with E-state index < -0.39 is 0 Å². The van der Waals surface area contributed by atoms with Crippen LogP contribution >= 0.6 is 11.6 Å². The molecule has 4 nitrogen and oxygen atoms in total. The monoisotopic (exact) mass is 279 g/mol. The molecule has 102 valence electrons. The number of benzene rings is 1. The van der Waals surface area contributed by atoms with Gasteiger partial charge in [0.05, 0.1) is 17.1 Å². The summed E-state index contributed by atoms with van der Waals surface area (Å²) in [6.45, 7) is 2.65. The summed E-state index contributed by atoms with van der Waals surface area (Å²) in [6.07, 6.45) is 2.51. The van der Waals surface area contributed by atoms with E-state index in [1.54, 1.807) is 0 Å². The van der Waals surface area contributed by atoms with Crippen LogP contribution in [-0.4, -0.2) is 28.7 Å². The third-order valence-corrected chi connectivity index (χ3v) is 3.90. The Morgan fingerprint density at radius 1 is 1.42 bits per heavy atom. The van der Waals surface area contributed by atoms with Crippen LogP contribution in [0.3, 0.4) is 0 Å². The van der Waals surface area contributed by atoms with E-state index in [9.17, 15) is 0 Å². The van der Waals surface area contributed by atoms with Crippen molar-refractivity contribution >= 4 is 22.6 Å². The first-order valence-electron chi connectivity index (χ1n) is 6.67. The molecule has 1 aliphatic heterocycles. The first kappa shape index (κ1) is 12.9.